The molecule has 194 valence electrons. The van der Waals surface area contributed by atoms with Crippen LogP contribution in [0.15, 0.2) is 59.7 Å². The monoisotopic (exact) mass is 507 g/mol. The number of nitrogens with zero attached hydrogens (tertiary/aromatic N) is 1. The Hall–Kier alpha value is -4.73. The summed E-state index contributed by atoms with van der Waals surface area (Å²) in [6.07, 6.45) is 1.46. The number of esters is 1. The molecule has 10 heteroatoms. The van der Waals surface area contributed by atoms with E-state index in [1.165, 1.54) is 46.8 Å². The van der Waals surface area contributed by atoms with E-state index in [2.05, 4.69) is 15.8 Å². The predicted molar refractivity (Wildman–Crippen MR) is 139 cm³/mol. The van der Waals surface area contributed by atoms with Gasteiger partial charge in [-0.25, -0.2) is 10.2 Å². The zero-order valence-corrected chi connectivity index (χ0v) is 21.3. The number of hydrogen-bond acceptors (Lipinski definition) is 9. The molecule has 0 aliphatic rings. The van der Waals surface area contributed by atoms with Crippen LogP contribution in [0.4, 0.5) is 5.69 Å². The van der Waals surface area contributed by atoms with Gasteiger partial charge in [0, 0.05) is 5.69 Å². The molecule has 0 spiro atoms. The minimum Gasteiger partial charge on any atom is -0.493 e. The minimum atomic E-state index is -0.646. The summed E-state index contributed by atoms with van der Waals surface area (Å²) in [5, 5.41) is 7.04. The molecular weight excluding hydrogens is 478 g/mol. The lowest BCUT2D eigenvalue weighted by Gasteiger charge is -2.14. The second-order valence-electron chi connectivity index (χ2n) is 7.68. The van der Waals surface area contributed by atoms with Gasteiger partial charge >= 0.3 is 5.97 Å². The lowest BCUT2D eigenvalue weighted by molar-refractivity contribution is -0.119. The Morgan fingerprint density at radius 2 is 1.51 bits per heavy atom. The maximum absolute atomic E-state index is 12.8. The number of hydrazone groups is 1. The van der Waals surface area contributed by atoms with Gasteiger partial charge in [-0.1, -0.05) is 18.2 Å². The summed E-state index contributed by atoms with van der Waals surface area (Å²) in [5.74, 6) is 0.560. The van der Waals surface area contributed by atoms with Crippen LogP contribution in [0.5, 0.6) is 28.7 Å². The predicted octanol–water partition coefficient (Wildman–Crippen LogP) is 3.81. The van der Waals surface area contributed by atoms with E-state index in [1.807, 2.05) is 31.2 Å². The number of hydrogen-bond donors (Lipinski definition) is 2. The van der Waals surface area contributed by atoms with Crippen molar-refractivity contribution in [3.63, 3.8) is 0 Å². The van der Waals surface area contributed by atoms with Crippen LogP contribution in [0.2, 0.25) is 0 Å². The second-order valence-corrected chi connectivity index (χ2v) is 7.68. The molecule has 0 aromatic heterocycles. The highest BCUT2D eigenvalue weighted by atomic mass is 16.6. The fraction of sp³-hybridized carbons (Fsp3) is 0.222. The van der Waals surface area contributed by atoms with Gasteiger partial charge in [-0.2, -0.15) is 5.10 Å². The van der Waals surface area contributed by atoms with Gasteiger partial charge in [-0.05, 0) is 54.4 Å². The maximum atomic E-state index is 12.8. The summed E-state index contributed by atoms with van der Waals surface area (Å²) < 4.78 is 26.8. The van der Waals surface area contributed by atoms with Crippen molar-refractivity contribution in [3.05, 3.63) is 71.3 Å². The van der Waals surface area contributed by atoms with Crippen LogP contribution in [0.3, 0.4) is 0 Å². The molecule has 10 nitrogen and oxygen atoms in total. The van der Waals surface area contributed by atoms with E-state index in [-0.39, 0.29) is 23.8 Å². The molecule has 3 rings (SSSR count). The lowest BCUT2D eigenvalue weighted by atomic mass is 10.1. The van der Waals surface area contributed by atoms with Crippen LogP contribution < -0.4 is 34.4 Å². The average Bonchev–Trinajstić information content (AvgIpc) is 2.92. The first-order chi connectivity index (χ1) is 17.9. The van der Waals surface area contributed by atoms with Crippen LogP contribution in [0.1, 0.15) is 21.5 Å². The Bertz CT molecular complexity index is 1270. The van der Waals surface area contributed by atoms with Crippen molar-refractivity contribution >= 4 is 23.8 Å². The zero-order valence-electron chi connectivity index (χ0n) is 21.3. The molecule has 0 radical (unpaired) electrons. The van der Waals surface area contributed by atoms with Crippen molar-refractivity contribution in [1.29, 1.82) is 0 Å². The molecule has 1 amide bonds. The number of benzene rings is 3. The first kappa shape index (κ1) is 26.9. The van der Waals surface area contributed by atoms with Crippen LogP contribution >= 0.6 is 0 Å². The SMILES string of the molecule is COc1cc(C=NNC(=O)CNc2ccccc2C)ccc1OC(=O)c1cc(OC)c(OC)c(OC)c1. The Morgan fingerprint density at radius 3 is 2.14 bits per heavy atom. The van der Waals surface area contributed by atoms with Crippen molar-refractivity contribution in [2.75, 3.05) is 40.3 Å². The topological polar surface area (TPSA) is 117 Å². The van der Waals surface area contributed by atoms with Gasteiger partial charge < -0.3 is 29.0 Å². The molecule has 0 saturated heterocycles. The number of rotatable bonds is 11. The number of anilines is 1. The third-order valence-corrected chi connectivity index (χ3v) is 5.28. The number of amides is 1. The fourth-order valence-corrected chi connectivity index (χ4v) is 3.37. The molecule has 2 N–H and O–H groups in total. The first-order valence-electron chi connectivity index (χ1n) is 11.2. The van der Waals surface area contributed by atoms with Crippen LogP contribution in [0.25, 0.3) is 0 Å². The van der Waals surface area contributed by atoms with Crippen molar-refractivity contribution in [2.45, 2.75) is 6.92 Å². The number of nitrogens with one attached hydrogen (secondary N) is 2. The molecular formula is C27H29N3O7. The van der Waals surface area contributed by atoms with Gasteiger partial charge in [-0.15, -0.1) is 0 Å². The molecule has 0 aliphatic carbocycles. The molecule has 0 heterocycles. The smallest absolute Gasteiger partial charge is 0.343 e. The third kappa shape index (κ3) is 6.91. The van der Waals surface area contributed by atoms with Crippen LogP contribution in [-0.2, 0) is 4.79 Å². The van der Waals surface area contributed by atoms with Gasteiger partial charge in [-0.3, -0.25) is 4.79 Å². The molecule has 0 saturated carbocycles. The van der Waals surface area contributed by atoms with Gasteiger partial charge in [0.15, 0.2) is 23.0 Å². The molecule has 0 fully saturated rings. The number of carbonyl (C=O) groups is 2. The molecule has 0 atom stereocenters. The number of ether oxygens (including phenoxy) is 5. The van der Waals surface area contributed by atoms with E-state index in [0.717, 1.165) is 11.3 Å². The van der Waals surface area contributed by atoms with E-state index in [9.17, 15) is 9.59 Å². The summed E-state index contributed by atoms with van der Waals surface area (Å²) >= 11 is 0. The van der Waals surface area contributed by atoms with E-state index in [0.29, 0.717) is 28.6 Å². The molecule has 0 bridgehead atoms. The number of carbonyl (C=O) groups excluding carboxylic acids is 2. The first-order valence-corrected chi connectivity index (χ1v) is 11.2. The summed E-state index contributed by atoms with van der Waals surface area (Å²) in [7, 11) is 5.84. The molecule has 0 unspecified atom stereocenters. The number of para-hydroxylation sites is 1. The Labute approximate surface area is 215 Å². The van der Waals surface area contributed by atoms with E-state index < -0.39 is 5.97 Å². The molecule has 3 aromatic rings. The molecule has 3 aromatic carbocycles. The van der Waals surface area contributed by atoms with Crippen LogP contribution in [-0.4, -0.2) is 53.1 Å². The highest BCUT2D eigenvalue weighted by Gasteiger charge is 2.19. The largest absolute Gasteiger partial charge is 0.493 e. The Balaban J connectivity index is 1.65. The summed E-state index contributed by atoms with van der Waals surface area (Å²) in [6, 6.07) is 15.5. The summed E-state index contributed by atoms with van der Waals surface area (Å²) in [4.78, 5) is 24.9. The Morgan fingerprint density at radius 1 is 0.838 bits per heavy atom. The highest BCUT2D eigenvalue weighted by Crippen LogP contribution is 2.38. The van der Waals surface area contributed by atoms with Crippen molar-refractivity contribution < 1.29 is 33.3 Å². The quantitative estimate of drug-likeness (QED) is 0.174. The summed E-state index contributed by atoms with van der Waals surface area (Å²) in [5.41, 5.74) is 5.20. The fourth-order valence-electron chi connectivity index (χ4n) is 3.37. The number of aryl methyl sites for hydroxylation is 1. The maximum Gasteiger partial charge on any atom is 0.343 e. The van der Waals surface area contributed by atoms with Crippen LogP contribution in [0, 0.1) is 6.92 Å². The molecule has 37 heavy (non-hydrogen) atoms. The summed E-state index contributed by atoms with van der Waals surface area (Å²) in [6.45, 7) is 2.03. The van der Waals surface area contributed by atoms with Crippen molar-refractivity contribution in [3.8, 4) is 28.7 Å². The van der Waals surface area contributed by atoms with Gasteiger partial charge in [0.2, 0.25) is 5.75 Å². The average molecular weight is 508 g/mol. The third-order valence-electron chi connectivity index (χ3n) is 5.28. The normalized spacial score (nSPS) is 10.5. The van der Waals surface area contributed by atoms with Gasteiger partial charge in [0.05, 0.1) is 46.8 Å². The van der Waals surface area contributed by atoms with Gasteiger partial charge in [0.1, 0.15) is 0 Å². The minimum absolute atomic E-state index is 0.0708. The molecule has 0 aliphatic heterocycles. The Kier molecular flexibility index (Phi) is 9.31. The van der Waals surface area contributed by atoms with E-state index in [1.54, 1.807) is 18.2 Å². The second kappa shape index (κ2) is 12.8. The van der Waals surface area contributed by atoms with Gasteiger partial charge in [0.25, 0.3) is 5.91 Å². The lowest BCUT2D eigenvalue weighted by Crippen LogP contribution is -2.26. The van der Waals surface area contributed by atoms with E-state index >= 15 is 0 Å². The zero-order chi connectivity index (χ0) is 26.8. The van der Waals surface area contributed by atoms with E-state index in [4.69, 9.17) is 23.7 Å². The standard InChI is InChI=1S/C27H29N3O7/c1-17-8-6-7-9-20(17)28-16-25(31)30-29-15-18-10-11-21(22(12-18)33-2)37-27(32)19-13-23(34-3)26(36-5)24(14-19)35-4/h6-15,28H,16H2,1-5H3,(H,30,31). The van der Waals surface area contributed by atoms with Crippen molar-refractivity contribution in [1.82, 2.24) is 5.43 Å². The van der Waals surface area contributed by atoms with Crippen molar-refractivity contribution in [2.24, 2.45) is 5.10 Å². The highest BCUT2D eigenvalue weighted by molar-refractivity contribution is 5.93. The number of methoxy groups -OCH3 is 4.